The third-order valence-corrected chi connectivity index (χ3v) is 6.09. The SMILES string of the molecule is CC[C@H](CNS(=O)(=O)c1ccc2c(c1)CCC2)c1ccccc1. The van der Waals surface area contributed by atoms with Crippen LogP contribution in [0.15, 0.2) is 53.4 Å². The Hall–Kier alpha value is -1.65. The molecule has 3 nitrogen and oxygen atoms in total. The zero-order valence-electron chi connectivity index (χ0n) is 13.5. The molecule has 1 aliphatic carbocycles. The monoisotopic (exact) mass is 329 g/mol. The van der Waals surface area contributed by atoms with Crippen LogP contribution in [0.1, 0.15) is 42.4 Å². The van der Waals surface area contributed by atoms with Crippen LogP contribution in [0.2, 0.25) is 0 Å². The van der Waals surface area contributed by atoms with E-state index in [0.717, 1.165) is 25.7 Å². The highest BCUT2D eigenvalue weighted by atomic mass is 32.2. The highest BCUT2D eigenvalue weighted by molar-refractivity contribution is 7.89. The van der Waals surface area contributed by atoms with Crippen LogP contribution in [0.5, 0.6) is 0 Å². The molecule has 4 heteroatoms. The lowest BCUT2D eigenvalue weighted by atomic mass is 9.97. The first-order valence-electron chi connectivity index (χ1n) is 8.26. The van der Waals surface area contributed by atoms with Gasteiger partial charge in [0.1, 0.15) is 0 Å². The fraction of sp³-hybridized carbons (Fsp3) is 0.368. The number of aryl methyl sites for hydroxylation is 2. The largest absolute Gasteiger partial charge is 0.240 e. The summed E-state index contributed by atoms with van der Waals surface area (Å²) in [5.41, 5.74) is 3.65. The molecule has 0 saturated carbocycles. The number of hydrogen-bond donors (Lipinski definition) is 1. The first kappa shape index (κ1) is 16.2. The van der Waals surface area contributed by atoms with Gasteiger partial charge in [-0.1, -0.05) is 43.3 Å². The summed E-state index contributed by atoms with van der Waals surface area (Å²) in [5.74, 6) is 0.195. The molecule has 2 aromatic carbocycles. The zero-order valence-corrected chi connectivity index (χ0v) is 14.3. The number of hydrogen-bond acceptors (Lipinski definition) is 2. The van der Waals surface area contributed by atoms with Crippen LogP contribution in [-0.4, -0.2) is 15.0 Å². The van der Waals surface area contributed by atoms with E-state index in [1.54, 1.807) is 6.07 Å². The lowest BCUT2D eigenvalue weighted by molar-refractivity contribution is 0.566. The predicted octanol–water partition coefficient (Wildman–Crippen LogP) is 3.65. The fourth-order valence-corrected chi connectivity index (χ4v) is 4.36. The van der Waals surface area contributed by atoms with Crippen LogP contribution in [0, 0.1) is 0 Å². The second kappa shape index (κ2) is 6.85. The minimum Gasteiger partial charge on any atom is -0.211 e. The summed E-state index contributed by atoms with van der Waals surface area (Å²) in [7, 11) is -3.45. The predicted molar refractivity (Wildman–Crippen MR) is 93.1 cm³/mol. The number of rotatable bonds is 6. The molecular formula is C19H23NO2S. The van der Waals surface area contributed by atoms with Gasteiger partial charge in [-0.15, -0.1) is 0 Å². The van der Waals surface area contributed by atoms with E-state index >= 15 is 0 Å². The van der Waals surface area contributed by atoms with Gasteiger partial charge in [0, 0.05) is 6.54 Å². The summed E-state index contributed by atoms with van der Waals surface area (Å²) < 4.78 is 27.9. The zero-order chi connectivity index (χ0) is 16.3. The normalized spacial score (nSPS) is 15.3. The van der Waals surface area contributed by atoms with Gasteiger partial charge < -0.3 is 0 Å². The molecule has 0 amide bonds. The molecule has 0 aromatic heterocycles. The molecule has 3 rings (SSSR count). The molecule has 2 aromatic rings. The van der Waals surface area contributed by atoms with Gasteiger partial charge in [-0.25, -0.2) is 13.1 Å². The molecule has 1 N–H and O–H groups in total. The molecule has 122 valence electrons. The minimum absolute atomic E-state index is 0.195. The Kier molecular flexibility index (Phi) is 4.83. The topological polar surface area (TPSA) is 46.2 Å². The maximum absolute atomic E-state index is 12.6. The highest BCUT2D eigenvalue weighted by Crippen LogP contribution is 2.25. The van der Waals surface area contributed by atoms with E-state index in [9.17, 15) is 8.42 Å². The van der Waals surface area contributed by atoms with Crippen molar-refractivity contribution in [3.05, 3.63) is 65.2 Å². The molecule has 0 radical (unpaired) electrons. The molecule has 23 heavy (non-hydrogen) atoms. The van der Waals surface area contributed by atoms with Crippen molar-refractivity contribution in [2.75, 3.05) is 6.54 Å². The number of nitrogens with one attached hydrogen (secondary N) is 1. The number of sulfonamides is 1. The Morgan fingerprint density at radius 2 is 1.78 bits per heavy atom. The van der Waals surface area contributed by atoms with Crippen LogP contribution in [-0.2, 0) is 22.9 Å². The van der Waals surface area contributed by atoms with Gasteiger partial charge in [0.25, 0.3) is 0 Å². The number of benzene rings is 2. The molecule has 0 heterocycles. The summed E-state index contributed by atoms with van der Waals surface area (Å²) >= 11 is 0. The highest BCUT2D eigenvalue weighted by Gasteiger charge is 2.20. The molecule has 1 atom stereocenters. The minimum atomic E-state index is -3.45. The average Bonchev–Trinajstić information content (AvgIpc) is 3.04. The van der Waals surface area contributed by atoms with E-state index < -0.39 is 10.0 Å². The summed E-state index contributed by atoms with van der Waals surface area (Å²) in [6, 6.07) is 15.6. The van der Waals surface area contributed by atoms with Crippen LogP contribution in [0.3, 0.4) is 0 Å². The molecule has 0 aliphatic heterocycles. The summed E-state index contributed by atoms with van der Waals surface area (Å²) in [5, 5.41) is 0. The van der Waals surface area contributed by atoms with Gasteiger partial charge >= 0.3 is 0 Å². The quantitative estimate of drug-likeness (QED) is 0.879. The lowest BCUT2D eigenvalue weighted by Crippen LogP contribution is -2.28. The lowest BCUT2D eigenvalue weighted by Gasteiger charge is -2.16. The van der Waals surface area contributed by atoms with Crippen molar-refractivity contribution in [1.29, 1.82) is 0 Å². The third kappa shape index (κ3) is 3.65. The standard InChI is InChI=1S/C19H23NO2S/c1-2-15(16-7-4-3-5-8-16)14-20-23(21,22)19-12-11-17-9-6-10-18(17)13-19/h3-5,7-8,11-13,15,20H,2,6,9-10,14H2,1H3/t15-/m1/s1. The van der Waals surface area contributed by atoms with E-state index in [2.05, 4.69) is 23.8 Å². The Balaban J connectivity index is 1.73. The van der Waals surface area contributed by atoms with Crippen molar-refractivity contribution in [3.63, 3.8) is 0 Å². The van der Waals surface area contributed by atoms with E-state index in [-0.39, 0.29) is 5.92 Å². The number of fused-ring (bicyclic) bond motifs is 1. The summed E-state index contributed by atoms with van der Waals surface area (Å²) in [4.78, 5) is 0.390. The molecule has 0 fully saturated rings. The first-order valence-corrected chi connectivity index (χ1v) is 9.75. The Morgan fingerprint density at radius 3 is 2.52 bits per heavy atom. The van der Waals surface area contributed by atoms with Crippen molar-refractivity contribution in [2.45, 2.75) is 43.4 Å². The van der Waals surface area contributed by atoms with E-state index in [1.807, 2.05) is 30.3 Å². The van der Waals surface area contributed by atoms with Crippen molar-refractivity contribution in [2.24, 2.45) is 0 Å². The van der Waals surface area contributed by atoms with Gasteiger partial charge in [0.2, 0.25) is 10.0 Å². The molecule has 0 spiro atoms. The Morgan fingerprint density at radius 1 is 1.04 bits per heavy atom. The van der Waals surface area contributed by atoms with E-state index in [4.69, 9.17) is 0 Å². The maximum atomic E-state index is 12.6. The van der Waals surface area contributed by atoms with Crippen molar-refractivity contribution >= 4 is 10.0 Å². The molecule has 0 saturated heterocycles. The van der Waals surface area contributed by atoms with Crippen LogP contribution in [0.25, 0.3) is 0 Å². The van der Waals surface area contributed by atoms with Crippen molar-refractivity contribution < 1.29 is 8.42 Å². The second-order valence-electron chi connectivity index (χ2n) is 6.15. The van der Waals surface area contributed by atoms with Crippen LogP contribution < -0.4 is 4.72 Å². The second-order valence-corrected chi connectivity index (χ2v) is 7.92. The Bertz CT molecular complexity index is 769. The van der Waals surface area contributed by atoms with Crippen molar-refractivity contribution in [3.8, 4) is 0 Å². The van der Waals surface area contributed by atoms with Gasteiger partial charge in [-0.3, -0.25) is 0 Å². The molecule has 0 bridgehead atoms. The van der Waals surface area contributed by atoms with E-state index in [0.29, 0.717) is 11.4 Å². The van der Waals surface area contributed by atoms with Gasteiger partial charge in [-0.2, -0.15) is 0 Å². The maximum Gasteiger partial charge on any atom is 0.240 e. The third-order valence-electron chi connectivity index (χ3n) is 4.66. The van der Waals surface area contributed by atoms with Crippen LogP contribution >= 0.6 is 0 Å². The van der Waals surface area contributed by atoms with E-state index in [1.165, 1.54) is 16.7 Å². The smallest absolute Gasteiger partial charge is 0.211 e. The van der Waals surface area contributed by atoms with Crippen molar-refractivity contribution in [1.82, 2.24) is 4.72 Å². The fourth-order valence-electron chi connectivity index (χ4n) is 3.23. The molecular weight excluding hydrogens is 306 g/mol. The van der Waals surface area contributed by atoms with Gasteiger partial charge in [-0.05, 0) is 60.4 Å². The van der Waals surface area contributed by atoms with Crippen LogP contribution in [0.4, 0.5) is 0 Å². The summed E-state index contributed by atoms with van der Waals surface area (Å²) in [6.45, 7) is 2.52. The molecule has 1 aliphatic rings. The summed E-state index contributed by atoms with van der Waals surface area (Å²) in [6.07, 6.45) is 4.07. The molecule has 0 unspecified atom stereocenters. The van der Waals surface area contributed by atoms with Gasteiger partial charge in [0.15, 0.2) is 0 Å². The Labute approximate surface area is 138 Å². The van der Waals surface area contributed by atoms with Gasteiger partial charge in [0.05, 0.1) is 4.90 Å². The average molecular weight is 329 g/mol. The first-order chi connectivity index (χ1) is 11.1.